The molecular weight excluding hydrogens is 328 g/mol. The fourth-order valence-corrected chi connectivity index (χ4v) is 4.38. The van der Waals surface area contributed by atoms with Gasteiger partial charge in [0.1, 0.15) is 0 Å². The van der Waals surface area contributed by atoms with E-state index in [-0.39, 0.29) is 11.9 Å². The third-order valence-electron chi connectivity index (χ3n) is 5.16. The van der Waals surface area contributed by atoms with Gasteiger partial charge in [-0.05, 0) is 42.3 Å². The molecule has 1 aliphatic rings. The van der Waals surface area contributed by atoms with Crippen molar-refractivity contribution >= 4 is 28.1 Å². The van der Waals surface area contributed by atoms with Gasteiger partial charge in [-0.3, -0.25) is 4.79 Å². The molecule has 4 rings (SSSR count). The summed E-state index contributed by atoms with van der Waals surface area (Å²) in [4.78, 5) is 18.9. The number of fused-ring (bicyclic) bond motifs is 1. The van der Waals surface area contributed by atoms with Crippen LogP contribution in [0.15, 0.2) is 47.8 Å². The van der Waals surface area contributed by atoms with Crippen LogP contribution in [0, 0.1) is 5.92 Å². The van der Waals surface area contributed by atoms with Gasteiger partial charge in [-0.15, -0.1) is 11.3 Å². The normalized spacial score (nSPS) is 20.5. The van der Waals surface area contributed by atoms with E-state index in [0.717, 1.165) is 33.5 Å². The molecule has 1 saturated carbocycles. The first-order valence-electron chi connectivity index (χ1n) is 8.97. The van der Waals surface area contributed by atoms with E-state index in [9.17, 15) is 4.79 Å². The Bertz CT molecular complexity index is 888. The summed E-state index contributed by atoms with van der Waals surface area (Å²) in [5, 5.41) is 6.24. The molecule has 2 atom stereocenters. The lowest BCUT2D eigenvalue weighted by Crippen LogP contribution is -2.41. The van der Waals surface area contributed by atoms with Crippen molar-refractivity contribution in [1.82, 2.24) is 10.3 Å². The number of aromatic nitrogens is 1. The molecule has 1 N–H and O–H groups in total. The summed E-state index contributed by atoms with van der Waals surface area (Å²) in [7, 11) is 0. The third kappa shape index (κ3) is 3.31. The van der Waals surface area contributed by atoms with Crippen LogP contribution in [-0.4, -0.2) is 16.9 Å². The average molecular weight is 350 g/mol. The number of nitrogens with zero attached hydrogens (tertiary/aromatic N) is 1. The summed E-state index contributed by atoms with van der Waals surface area (Å²) in [6, 6.07) is 14.2. The highest BCUT2D eigenvalue weighted by Crippen LogP contribution is 2.29. The quantitative estimate of drug-likeness (QED) is 0.699. The second-order valence-electron chi connectivity index (χ2n) is 6.89. The molecule has 4 heteroatoms. The van der Waals surface area contributed by atoms with Gasteiger partial charge >= 0.3 is 0 Å². The molecule has 0 spiro atoms. The Balaban J connectivity index is 1.73. The minimum absolute atomic E-state index is 0.0233. The van der Waals surface area contributed by atoms with E-state index in [1.165, 1.54) is 19.3 Å². The number of para-hydroxylation sites is 1. The minimum Gasteiger partial charge on any atom is -0.349 e. The van der Waals surface area contributed by atoms with E-state index >= 15 is 0 Å². The maximum atomic E-state index is 13.1. The number of pyridine rings is 1. The molecule has 0 radical (unpaired) electrons. The summed E-state index contributed by atoms with van der Waals surface area (Å²) in [5.41, 5.74) is 2.47. The Labute approximate surface area is 152 Å². The zero-order chi connectivity index (χ0) is 17.2. The molecule has 2 aromatic heterocycles. The smallest absolute Gasteiger partial charge is 0.252 e. The highest BCUT2D eigenvalue weighted by atomic mass is 32.1. The van der Waals surface area contributed by atoms with Crippen molar-refractivity contribution in [2.45, 2.75) is 38.6 Å². The van der Waals surface area contributed by atoms with Crippen LogP contribution in [0.2, 0.25) is 0 Å². The number of hydrogen-bond acceptors (Lipinski definition) is 3. The predicted octanol–water partition coefficient (Wildman–Crippen LogP) is 5.27. The number of amides is 1. The standard InChI is InChI=1S/C21H22N2OS/c1-14-7-2-4-9-17(14)23-21(24)16-13-19(20-11-6-12-25-20)22-18-10-5-3-8-15(16)18/h3,5-6,8,10-14,17H,2,4,7,9H2,1H3,(H,23,24)/t14-,17+/m1/s1. The Morgan fingerprint density at radius 2 is 2.00 bits per heavy atom. The number of thiophene rings is 1. The van der Waals surface area contributed by atoms with Crippen LogP contribution in [-0.2, 0) is 0 Å². The molecule has 1 aliphatic carbocycles. The van der Waals surface area contributed by atoms with Gasteiger partial charge in [-0.1, -0.05) is 44.0 Å². The van der Waals surface area contributed by atoms with Gasteiger partial charge in [-0.2, -0.15) is 0 Å². The summed E-state index contributed by atoms with van der Waals surface area (Å²) in [5.74, 6) is 0.567. The Hall–Kier alpha value is -2.20. The molecule has 25 heavy (non-hydrogen) atoms. The van der Waals surface area contributed by atoms with Crippen molar-refractivity contribution < 1.29 is 4.79 Å². The van der Waals surface area contributed by atoms with Crippen molar-refractivity contribution in [3.63, 3.8) is 0 Å². The fraction of sp³-hybridized carbons (Fsp3) is 0.333. The number of carbonyl (C=O) groups is 1. The van der Waals surface area contributed by atoms with Crippen LogP contribution in [0.3, 0.4) is 0 Å². The number of carbonyl (C=O) groups excluding carboxylic acids is 1. The van der Waals surface area contributed by atoms with Crippen LogP contribution >= 0.6 is 11.3 Å². The highest BCUT2D eigenvalue weighted by Gasteiger charge is 2.24. The number of nitrogens with one attached hydrogen (secondary N) is 1. The van der Waals surface area contributed by atoms with E-state index in [1.54, 1.807) is 11.3 Å². The van der Waals surface area contributed by atoms with Crippen LogP contribution in [0.5, 0.6) is 0 Å². The van der Waals surface area contributed by atoms with Crippen molar-refractivity contribution in [2.24, 2.45) is 5.92 Å². The van der Waals surface area contributed by atoms with Gasteiger partial charge in [-0.25, -0.2) is 4.98 Å². The highest BCUT2D eigenvalue weighted by molar-refractivity contribution is 7.13. The molecule has 0 unspecified atom stereocenters. The molecule has 3 nitrogen and oxygen atoms in total. The van der Waals surface area contributed by atoms with Crippen LogP contribution in [0.25, 0.3) is 21.5 Å². The van der Waals surface area contributed by atoms with Crippen LogP contribution in [0.1, 0.15) is 43.0 Å². The summed E-state index contributed by atoms with van der Waals surface area (Å²) in [6.45, 7) is 2.24. The molecule has 1 amide bonds. The molecule has 0 saturated heterocycles. The molecular formula is C21H22N2OS. The Kier molecular flexibility index (Phi) is 4.53. The third-order valence-corrected chi connectivity index (χ3v) is 6.05. The molecule has 1 fully saturated rings. The second kappa shape index (κ2) is 6.96. The monoisotopic (exact) mass is 350 g/mol. The molecule has 0 bridgehead atoms. The Morgan fingerprint density at radius 3 is 2.80 bits per heavy atom. The lowest BCUT2D eigenvalue weighted by molar-refractivity contribution is 0.0912. The predicted molar refractivity (Wildman–Crippen MR) is 104 cm³/mol. The van der Waals surface area contributed by atoms with Gasteiger partial charge < -0.3 is 5.32 Å². The lowest BCUT2D eigenvalue weighted by atomic mass is 9.86. The number of hydrogen-bond donors (Lipinski definition) is 1. The first-order chi connectivity index (χ1) is 12.2. The first kappa shape index (κ1) is 16.3. The van der Waals surface area contributed by atoms with Gasteiger partial charge in [0, 0.05) is 11.4 Å². The topological polar surface area (TPSA) is 42.0 Å². The first-order valence-corrected chi connectivity index (χ1v) is 9.85. The fourth-order valence-electron chi connectivity index (χ4n) is 3.69. The van der Waals surface area contributed by atoms with E-state index in [0.29, 0.717) is 5.92 Å². The van der Waals surface area contributed by atoms with E-state index in [4.69, 9.17) is 4.98 Å². The van der Waals surface area contributed by atoms with E-state index < -0.39 is 0 Å². The van der Waals surface area contributed by atoms with Crippen molar-refractivity contribution in [1.29, 1.82) is 0 Å². The average Bonchev–Trinajstić information content (AvgIpc) is 3.17. The van der Waals surface area contributed by atoms with Gasteiger partial charge in [0.2, 0.25) is 0 Å². The summed E-state index contributed by atoms with van der Waals surface area (Å²) < 4.78 is 0. The lowest BCUT2D eigenvalue weighted by Gasteiger charge is -2.29. The van der Waals surface area contributed by atoms with Crippen molar-refractivity contribution in [3.05, 3.63) is 53.4 Å². The van der Waals surface area contributed by atoms with Crippen molar-refractivity contribution in [2.75, 3.05) is 0 Å². The van der Waals surface area contributed by atoms with Crippen LogP contribution < -0.4 is 5.32 Å². The molecule has 128 valence electrons. The molecule has 3 aromatic rings. The number of rotatable bonds is 3. The van der Waals surface area contributed by atoms with Crippen LogP contribution in [0.4, 0.5) is 0 Å². The molecule has 2 heterocycles. The summed E-state index contributed by atoms with van der Waals surface area (Å²) >= 11 is 1.65. The zero-order valence-electron chi connectivity index (χ0n) is 14.4. The SMILES string of the molecule is C[C@@H]1CCCC[C@@H]1NC(=O)c1cc(-c2cccs2)nc2ccccc12. The van der Waals surface area contributed by atoms with Gasteiger partial charge in [0.25, 0.3) is 5.91 Å². The molecule has 0 aliphatic heterocycles. The van der Waals surface area contributed by atoms with Gasteiger partial charge in [0.05, 0.1) is 21.7 Å². The maximum Gasteiger partial charge on any atom is 0.252 e. The van der Waals surface area contributed by atoms with E-state index in [1.807, 2.05) is 47.8 Å². The zero-order valence-corrected chi connectivity index (χ0v) is 15.2. The summed E-state index contributed by atoms with van der Waals surface area (Å²) in [6.07, 6.45) is 4.75. The Morgan fingerprint density at radius 1 is 1.16 bits per heavy atom. The van der Waals surface area contributed by atoms with E-state index in [2.05, 4.69) is 12.2 Å². The number of benzene rings is 1. The molecule has 1 aromatic carbocycles. The largest absolute Gasteiger partial charge is 0.349 e. The maximum absolute atomic E-state index is 13.1. The van der Waals surface area contributed by atoms with Crippen molar-refractivity contribution in [3.8, 4) is 10.6 Å². The second-order valence-corrected chi connectivity index (χ2v) is 7.84. The minimum atomic E-state index is 0.0233. The van der Waals surface area contributed by atoms with Gasteiger partial charge in [0.15, 0.2) is 0 Å².